The Hall–Kier alpha value is -1.56. The fourth-order valence-electron chi connectivity index (χ4n) is 2.38. The van der Waals surface area contributed by atoms with Gasteiger partial charge in [-0.15, -0.1) is 0 Å². The van der Waals surface area contributed by atoms with Crippen LogP contribution in [0.15, 0.2) is 48.5 Å². The fourth-order valence-corrected chi connectivity index (χ4v) is 2.38. The van der Waals surface area contributed by atoms with Gasteiger partial charge in [0, 0.05) is 0 Å². The normalized spacial score (nSPS) is 11.9. The molecule has 106 valence electrons. The first-order valence-electron chi connectivity index (χ1n) is 7.65. The minimum absolute atomic E-state index is 0.264. The van der Waals surface area contributed by atoms with E-state index < -0.39 is 0 Å². The lowest BCUT2D eigenvalue weighted by Gasteiger charge is -2.23. The van der Waals surface area contributed by atoms with E-state index in [4.69, 9.17) is 0 Å². The molecule has 0 N–H and O–H groups in total. The van der Waals surface area contributed by atoms with Crippen molar-refractivity contribution in [2.24, 2.45) is 0 Å². The molecule has 0 saturated heterocycles. The molecule has 0 nitrogen and oxygen atoms in total. The van der Waals surface area contributed by atoms with Crippen LogP contribution in [0.2, 0.25) is 0 Å². The van der Waals surface area contributed by atoms with E-state index >= 15 is 0 Å². The zero-order chi connectivity index (χ0) is 14.8. The number of hydrogen-bond donors (Lipinski definition) is 0. The van der Waals surface area contributed by atoms with Gasteiger partial charge < -0.3 is 0 Å². The van der Waals surface area contributed by atoms with Crippen molar-refractivity contribution in [2.75, 3.05) is 0 Å². The van der Waals surface area contributed by atoms with Gasteiger partial charge in [-0.1, -0.05) is 83.1 Å². The lowest BCUT2D eigenvalue weighted by atomic mass is 9.82. The van der Waals surface area contributed by atoms with Crippen LogP contribution in [0.5, 0.6) is 0 Å². The zero-order valence-electron chi connectivity index (χ0n) is 13.4. The van der Waals surface area contributed by atoms with Crippen LogP contribution < -0.4 is 0 Å². The van der Waals surface area contributed by atoms with E-state index in [9.17, 15) is 0 Å². The average molecular weight is 266 g/mol. The molecule has 2 aromatic carbocycles. The minimum Gasteiger partial charge on any atom is -0.0646 e. The molecule has 0 saturated carbocycles. The molecule has 0 radical (unpaired) electrons. The summed E-state index contributed by atoms with van der Waals surface area (Å²) in [5, 5.41) is 0. The highest BCUT2D eigenvalue weighted by atomic mass is 14.2. The second kappa shape index (κ2) is 5.83. The van der Waals surface area contributed by atoms with E-state index in [0.29, 0.717) is 5.92 Å². The average Bonchev–Trinajstić information content (AvgIpc) is 2.47. The Morgan fingerprint density at radius 3 is 1.65 bits per heavy atom. The van der Waals surface area contributed by atoms with Crippen molar-refractivity contribution in [3.8, 4) is 11.1 Å². The van der Waals surface area contributed by atoms with E-state index in [2.05, 4.69) is 83.1 Å². The molecule has 0 spiro atoms. The molecule has 0 atom stereocenters. The third-order valence-corrected chi connectivity index (χ3v) is 4.46. The molecule has 0 aromatic heterocycles. The van der Waals surface area contributed by atoms with Crippen molar-refractivity contribution in [3.05, 3.63) is 59.7 Å². The molecule has 0 bridgehead atoms. The van der Waals surface area contributed by atoms with Crippen molar-refractivity contribution in [1.29, 1.82) is 0 Å². The van der Waals surface area contributed by atoms with Crippen LogP contribution in [0.1, 0.15) is 58.1 Å². The summed E-state index contributed by atoms with van der Waals surface area (Å²) in [5.41, 5.74) is 5.69. The summed E-state index contributed by atoms with van der Waals surface area (Å²) in [6.07, 6.45) is 1.16. The highest BCUT2D eigenvalue weighted by Gasteiger charge is 2.17. The Kier molecular flexibility index (Phi) is 4.32. The summed E-state index contributed by atoms with van der Waals surface area (Å²) in [6.45, 7) is 11.3. The van der Waals surface area contributed by atoms with Crippen LogP contribution in [0.25, 0.3) is 11.1 Å². The van der Waals surface area contributed by atoms with Crippen LogP contribution in [0, 0.1) is 0 Å². The van der Waals surface area contributed by atoms with Gasteiger partial charge in [0.15, 0.2) is 0 Å². The summed E-state index contributed by atoms with van der Waals surface area (Å²) >= 11 is 0. The van der Waals surface area contributed by atoms with Gasteiger partial charge in [-0.3, -0.25) is 0 Å². The Labute approximate surface area is 123 Å². The van der Waals surface area contributed by atoms with Gasteiger partial charge >= 0.3 is 0 Å². The van der Waals surface area contributed by atoms with Crippen LogP contribution in [-0.4, -0.2) is 0 Å². The maximum absolute atomic E-state index is 2.30. The molecular weight excluding hydrogens is 240 g/mol. The van der Waals surface area contributed by atoms with E-state index in [0.717, 1.165) is 6.42 Å². The van der Waals surface area contributed by atoms with Crippen LogP contribution in [0.4, 0.5) is 0 Å². The molecule has 0 fully saturated rings. The van der Waals surface area contributed by atoms with E-state index in [-0.39, 0.29) is 5.41 Å². The van der Waals surface area contributed by atoms with Crippen molar-refractivity contribution in [2.45, 2.75) is 52.4 Å². The summed E-state index contributed by atoms with van der Waals surface area (Å²) < 4.78 is 0. The Bertz CT molecular complexity index is 542. The van der Waals surface area contributed by atoms with Gasteiger partial charge in [-0.05, 0) is 40.0 Å². The summed E-state index contributed by atoms with van der Waals surface area (Å²) in [6, 6.07) is 18.0. The second-order valence-electron chi connectivity index (χ2n) is 6.59. The molecule has 0 unspecified atom stereocenters. The van der Waals surface area contributed by atoms with Gasteiger partial charge in [0.25, 0.3) is 0 Å². The maximum Gasteiger partial charge on any atom is -0.0106 e. The fraction of sp³-hybridized carbons (Fsp3) is 0.400. The molecular formula is C20H26. The molecule has 2 rings (SSSR count). The molecule has 0 heteroatoms. The van der Waals surface area contributed by atoms with Crippen molar-refractivity contribution >= 4 is 0 Å². The topological polar surface area (TPSA) is 0 Å². The highest BCUT2D eigenvalue weighted by molar-refractivity contribution is 5.64. The number of hydrogen-bond acceptors (Lipinski definition) is 0. The summed E-state index contributed by atoms with van der Waals surface area (Å²) in [7, 11) is 0. The van der Waals surface area contributed by atoms with Gasteiger partial charge in [0.2, 0.25) is 0 Å². The standard InChI is InChI=1S/C20H26/c1-6-20(4,5)19-13-11-18(12-14-19)17-9-7-16(8-10-17)15(2)3/h7-15H,6H2,1-5H3. The third kappa shape index (κ3) is 3.12. The molecule has 0 heterocycles. The second-order valence-corrected chi connectivity index (χ2v) is 6.59. The van der Waals surface area contributed by atoms with Gasteiger partial charge in [0.1, 0.15) is 0 Å². The van der Waals surface area contributed by atoms with Crippen LogP contribution in [-0.2, 0) is 5.41 Å². The molecule has 0 aliphatic carbocycles. The molecule has 0 aliphatic heterocycles. The minimum atomic E-state index is 0.264. The van der Waals surface area contributed by atoms with Gasteiger partial charge in [-0.2, -0.15) is 0 Å². The largest absolute Gasteiger partial charge is 0.0646 e. The van der Waals surface area contributed by atoms with Crippen molar-refractivity contribution in [3.63, 3.8) is 0 Å². The smallest absolute Gasteiger partial charge is 0.0106 e. The van der Waals surface area contributed by atoms with Crippen molar-refractivity contribution in [1.82, 2.24) is 0 Å². The van der Waals surface area contributed by atoms with Crippen LogP contribution >= 0.6 is 0 Å². The summed E-state index contributed by atoms with van der Waals surface area (Å²) in [5.74, 6) is 0.594. The van der Waals surface area contributed by atoms with E-state index in [1.807, 2.05) is 0 Å². The first-order valence-corrected chi connectivity index (χ1v) is 7.65. The quantitative estimate of drug-likeness (QED) is 0.621. The predicted octanol–water partition coefficient (Wildman–Crippen LogP) is 6.16. The van der Waals surface area contributed by atoms with Gasteiger partial charge in [0.05, 0.1) is 0 Å². The number of benzene rings is 2. The lowest BCUT2D eigenvalue weighted by Crippen LogP contribution is -2.14. The van der Waals surface area contributed by atoms with Gasteiger partial charge in [-0.25, -0.2) is 0 Å². The molecule has 0 aliphatic rings. The molecule has 2 aromatic rings. The number of rotatable bonds is 4. The van der Waals surface area contributed by atoms with E-state index in [1.165, 1.54) is 22.3 Å². The third-order valence-electron chi connectivity index (χ3n) is 4.46. The van der Waals surface area contributed by atoms with Crippen molar-refractivity contribution < 1.29 is 0 Å². The molecule has 20 heavy (non-hydrogen) atoms. The molecule has 0 amide bonds. The first kappa shape index (κ1) is 14.8. The Morgan fingerprint density at radius 2 is 1.25 bits per heavy atom. The summed E-state index contributed by atoms with van der Waals surface area (Å²) in [4.78, 5) is 0. The van der Waals surface area contributed by atoms with Crippen LogP contribution in [0.3, 0.4) is 0 Å². The SMILES string of the molecule is CCC(C)(C)c1ccc(-c2ccc(C(C)C)cc2)cc1. The monoisotopic (exact) mass is 266 g/mol. The lowest BCUT2D eigenvalue weighted by molar-refractivity contribution is 0.506. The Balaban J connectivity index is 2.26. The predicted molar refractivity (Wildman–Crippen MR) is 89.3 cm³/mol. The first-order chi connectivity index (χ1) is 9.44. The highest BCUT2D eigenvalue weighted by Crippen LogP contribution is 2.29. The maximum atomic E-state index is 2.30. The zero-order valence-corrected chi connectivity index (χ0v) is 13.4. The Morgan fingerprint density at radius 1 is 0.800 bits per heavy atom. The van der Waals surface area contributed by atoms with E-state index in [1.54, 1.807) is 0 Å².